The lowest BCUT2D eigenvalue weighted by molar-refractivity contribution is 0.642. The van der Waals surface area contributed by atoms with Gasteiger partial charge >= 0.3 is 0 Å². The van der Waals surface area contributed by atoms with Crippen molar-refractivity contribution < 1.29 is 0 Å². The lowest BCUT2D eigenvalue weighted by Gasteiger charge is -2.07. The van der Waals surface area contributed by atoms with Crippen LogP contribution in [0.5, 0.6) is 0 Å². The van der Waals surface area contributed by atoms with Gasteiger partial charge in [-0.2, -0.15) is 0 Å². The fraction of sp³-hybridized carbons (Fsp3) is 0.462. The Labute approximate surface area is 89.3 Å². The largest absolute Gasteiger partial charge is 0.133 e. The molecular weight excluding hydrogens is 192 g/mol. The van der Waals surface area contributed by atoms with Crippen LogP contribution in [-0.2, 0) is 0 Å². The van der Waals surface area contributed by atoms with Crippen molar-refractivity contribution in [1.29, 1.82) is 0 Å². The minimum absolute atomic E-state index is 0.854. The summed E-state index contributed by atoms with van der Waals surface area (Å²) >= 11 is 5.90. The molecule has 1 aromatic rings. The zero-order valence-corrected chi connectivity index (χ0v) is 8.67. The first kappa shape index (κ1) is 7.64. The van der Waals surface area contributed by atoms with Crippen LogP contribution >= 0.6 is 11.6 Å². The summed E-state index contributed by atoms with van der Waals surface area (Å²) in [6, 6.07) is 8.45. The number of hydrogen-bond donors (Lipinski definition) is 0. The summed E-state index contributed by atoms with van der Waals surface area (Å²) in [5.41, 5.74) is 1.46. The van der Waals surface area contributed by atoms with Gasteiger partial charge in [0.1, 0.15) is 5.56 Å². The van der Waals surface area contributed by atoms with E-state index in [0.717, 1.165) is 28.7 Å². The topological polar surface area (TPSA) is 0 Å². The smallest absolute Gasteiger partial charge is 0.0818 e. The molecule has 0 nitrogen and oxygen atoms in total. The summed E-state index contributed by atoms with van der Waals surface area (Å²) in [4.78, 5) is 0. The van der Waals surface area contributed by atoms with E-state index in [1.54, 1.807) is 5.92 Å². The van der Waals surface area contributed by atoms with Gasteiger partial charge in [0.15, 0.2) is 0 Å². The van der Waals surface area contributed by atoms with Crippen molar-refractivity contribution in [3.63, 3.8) is 0 Å². The molecule has 4 bridgehead atoms. The maximum atomic E-state index is 5.90. The number of halogens is 1. The molecule has 0 N–H and O–H groups in total. The Bertz CT molecular complexity index is 367. The zero-order chi connectivity index (χ0) is 9.28. The molecule has 4 fully saturated rings. The molecule has 4 saturated carbocycles. The third kappa shape index (κ3) is 0.791. The van der Waals surface area contributed by atoms with Crippen LogP contribution in [0.1, 0.15) is 18.4 Å². The van der Waals surface area contributed by atoms with Crippen molar-refractivity contribution in [2.75, 3.05) is 0 Å². The molecule has 2 atom stereocenters. The van der Waals surface area contributed by atoms with Crippen LogP contribution in [0.2, 0.25) is 5.02 Å². The molecule has 0 radical (unpaired) electrons. The first-order chi connectivity index (χ1) is 6.84. The first-order valence-corrected chi connectivity index (χ1v) is 5.85. The van der Waals surface area contributed by atoms with Gasteiger partial charge < -0.3 is 0 Å². The van der Waals surface area contributed by atoms with Crippen molar-refractivity contribution in [3.05, 3.63) is 40.8 Å². The second-order valence-electron chi connectivity index (χ2n) is 4.98. The molecule has 1 aromatic carbocycles. The zero-order valence-electron chi connectivity index (χ0n) is 7.91. The molecule has 0 spiro atoms. The van der Waals surface area contributed by atoms with Crippen LogP contribution in [0, 0.1) is 29.6 Å². The second-order valence-corrected chi connectivity index (χ2v) is 5.42. The third-order valence-electron chi connectivity index (χ3n) is 4.42. The van der Waals surface area contributed by atoms with Crippen LogP contribution < -0.4 is 0 Å². The molecule has 4 aliphatic rings. The highest BCUT2D eigenvalue weighted by Crippen LogP contribution is 2.75. The maximum Gasteiger partial charge on any atom is 0.133 e. The standard InChI is InChI=1S/C13H12Cl/c14-9-3-1-7(2-4-9)12-8-5-10-11(6-8)13(10)12/h1-4,8,10-11,13H,5-6H2/q+1. The molecule has 0 amide bonds. The highest BCUT2D eigenvalue weighted by atomic mass is 35.5. The highest BCUT2D eigenvalue weighted by molar-refractivity contribution is 6.30. The van der Waals surface area contributed by atoms with Crippen molar-refractivity contribution in [2.45, 2.75) is 12.8 Å². The van der Waals surface area contributed by atoms with E-state index in [1.807, 2.05) is 12.1 Å². The van der Waals surface area contributed by atoms with E-state index in [0.29, 0.717) is 0 Å². The van der Waals surface area contributed by atoms with Crippen LogP contribution in [0.15, 0.2) is 24.3 Å². The maximum absolute atomic E-state index is 5.90. The molecule has 0 aliphatic heterocycles. The van der Waals surface area contributed by atoms with Gasteiger partial charge in [0.2, 0.25) is 0 Å². The van der Waals surface area contributed by atoms with Crippen molar-refractivity contribution in [3.8, 4) is 0 Å². The monoisotopic (exact) mass is 203 g/mol. The van der Waals surface area contributed by atoms with Crippen LogP contribution in [0.4, 0.5) is 0 Å². The molecular formula is C13H12Cl+. The van der Waals surface area contributed by atoms with Crippen LogP contribution in [0.25, 0.3) is 0 Å². The van der Waals surface area contributed by atoms with Gasteiger partial charge in [-0.15, -0.1) is 0 Å². The molecule has 2 unspecified atom stereocenters. The Morgan fingerprint density at radius 1 is 1.07 bits per heavy atom. The number of hydrogen-bond acceptors (Lipinski definition) is 0. The fourth-order valence-electron chi connectivity index (χ4n) is 3.90. The van der Waals surface area contributed by atoms with Crippen molar-refractivity contribution in [2.24, 2.45) is 23.7 Å². The molecule has 1 heteroatoms. The van der Waals surface area contributed by atoms with E-state index in [2.05, 4.69) is 12.1 Å². The van der Waals surface area contributed by atoms with Gasteiger partial charge in [-0.05, 0) is 24.7 Å². The number of rotatable bonds is 1. The quantitative estimate of drug-likeness (QED) is 0.613. The van der Waals surface area contributed by atoms with Gasteiger partial charge in [0.05, 0.1) is 5.02 Å². The molecule has 0 heterocycles. The normalized spacial score (nSPS) is 41.9. The first-order valence-electron chi connectivity index (χ1n) is 5.47. The average molecular weight is 204 g/mol. The van der Waals surface area contributed by atoms with Crippen molar-refractivity contribution >= 4 is 11.6 Å². The van der Waals surface area contributed by atoms with E-state index < -0.39 is 0 Å². The minimum Gasteiger partial charge on any atom is -0.0818 e. The van der Waals surface area contributed by atoms with Gasteiger partial charge in [0.25, 0.3) is 0 Å². The SMILES string of the molecule is Clc1ccc([C+]2C3CC4C(C3)C24)cc1. The minimum atomic E-state index is 0.854. The second kappa shape index (κ2) is 2.30. The summed E-state index contributed by atoms with van der Waals surface area (Å²) < 4.78 is 0. The molecule has 0 saturated heterocycles. The third-order valence-corrected chi connectivity index (χ3v) is 4.67. The lowest BCUT2D eigenvalue weighted by atomic mass is 9.90. The summed E-state index contributed by atoms with van der Waals surface area (Å²) in [6.07, 6.45) is 2.96. The average Bonchev–Trinajstić information content (AvgIpc) is 2.63. The molecule has 70 valence electrons. The molecule has 0 aromatic heterocycles. The van der Waals surface area contributed by atoms with E-state index in [9.17, 15) is 0 Å². The number of benzene rings is 1. The molecule has 4 aliphatic carbocycles. The highest BCUT2D eigenvalue weighted by Gasteiger charge is 2.72. The van der Waals surface area contributed by atoms with E-state index in [4.69, 9.17) is 11.6 Å². The van der Waals surface area contributed by atoms with Crippen LogP contribution in [0.3, 0.4) is 0 Å². The Morgan fingerprint density at radius 2 is 1.71 bits per heavy atom. The summed E-state index contributed by atoms with van der Waals surface area (Å²) in [5, 5.41) is 0.854. The predicted octanol–water partition coefficient (Wildman–Crippen LogP) is 3.55. The Balaban J connectivity index is 1.73. The summed E-state index contributed by atoms with van der Waals surface area (Å²) in [6.45, 7) is 0. The fourth-order valence-corrected chi connectivity index (χ4v) is 4.02. The summed E-state index contributed by atoms with van der Waals surface area (Å²) in [5.74, 6) is 5.81. The van der Waals surface area contributed by atoms with Crippen molar-refractivity contribution in [1.82, 2.24) is 0 Å². The molecule has 5 rings (SSSR count). The van der Waals surface area contributed by atoms with E-state index in [1.165, 1.54) is 18.4 Å². The van der Waals surface area contributed by atoms with Crippen LogP contribution in [-0.4, -0.2) is 0 Å². The van der Waals surface area contributed by atoms with E-state index >= 15 is 0 Å². The Morgan fingerprint density at radius 3 is 2.21 bits per heavy atom. The molecule has 14 heavy (non-hydrogen) atoms. The van der Waals surface area contributed by atoms with Gasteiger partial charge in [-0.1, -0.05) is 11.6 Å². The Kier molecular flexibility index (Phi) is 1.26. The Hall–Kier alpha value is -0.620. The lowest BCUT2D eigenvalue weighted by Crippen LogP contribution is -2.03. The van der Waals surface area contributed by atoms with Gasteiger partial charge in [-0.3, -0.25) is 0 Å². The predicted molar refractivity (Wildman–Crippen MR) is 57.0 cm³/mol. The van der Waals surface area contributed by atoms with Gasteiger partial charge in [-0.25, -0.2) is 0 Å². The van der Waals surface area contributed by atoms with Gasteiger partial charge in [0, 0.05) is 42.0 Å². The summed E-state index contributed by atoms with van der Waals surface area (Å²) in [7, 11) is 0. The van der Waals surface area contributed by atoms with E-state index in [-0.39, 0.29) is 0 Å².